The van der Waals surface area contributed by atoms with Gasteiger partial charge in [-0.15, -0.1) is 0 Å². The SMILES string of the molecule is Fc1ccccc1C1CC(NCCCN2CCCC2)C1. The van der Waals surface area contributed by atoms with Crippen LogP contribution in [0.2, 0.25) is 0 Å². The Morgan fingerprint density at radius 1 is 1.15 bits per heavy atom. The van der Waals surface area contributed by atoms with Crippen LogP contribution in [0.4, 0.5) is 4.39 Å². The number of halogens is 1. The van der Waals surface area contributed by atoms with Crippen LogP contribution in [0.1, 0.15) is 43.6 Å². The first-order valence-electron chi connectivity index (χ1n) is 8.03. The van der Waals surface area contributed by atoms with E-state index < -0.39 is 0 Å². The quantitative estimate of drug-likeness (QED) is 0.803. The fraction of sp³-hybridized carbons (Fsp3) is 0.647. The van der Waals surface area contributed by atoms with Crippen molar-refractivity contribution in [3.8, 4) is 0 Å². The molecule has 0 unspecified atom stereocenters. The highest BCUT2D eigenvalue weighted by Gasteiger charge is 2.31. The van der Waals surface area contributed by atoms with Crippen LogP contribution >= 0.6 is 0 Å². The van der Waals surface area contributed by atoms with Crippen molar-refractivity contribution in [2.75, 3.05) is 26.2 Å². The van der Waals surface area contributed by atoms with Gasteiger partial charge in [-0.3, -0.25) is 0 Å². The molecule has 0 radical (unpaired) electrons. The second kappa shape index (κ2) is 6.68. The zero-order chi connectivity index (χ0) is 13.8. The van der Waals surface area contributed by atoms with Gasteiger partial charge in [0.25, 0.3) is 0 Å². The van der Waals surface area contributed by atoms with Crippen LogP contribution < -0.4 is 5.32 Å². The molecule has 1 aromatic rings. The lowest BCUT2D eigenvalue weighted by Gasteiger charge is -2.36. The van der Waals surface area contributed by atoms with Gasteiger partial charge in [-0.05, 0) is 75.8 Å². The third kappa shape index (κ3) is 3.39. The summed E-state index contributed by atoms with van der Waals surface area (Å²) in [5, 5.41) is 3.61. The van der Waals surface area contributed by atoms with Crippen molar-refractivity contribution >= 4 is 0 Å². The molecule has 1 saturated heterocycles. The molecule has 1 N–H and O–H groups in total. The van der Waals surface area contributed by atoms with Crippen molar-refractivity contribution in [2.45, 2.75) is 44.1 Å². The molecule has 20 heavy (non-hydrogen) atoms. The van der Waals surface area contributed by atoms with Crippen LogP contribution in [0.15, 0.2) is 24.3 Å². The summed E-state index contributed by atoms with van der Waals surface area (Å²) < 4.78 is 13.6. The van der Waals surface area contributed by atoms with E-state index in [1.165, 1.54) is 38.9 Å². The molecule has 110 valence electrons. The van der Waals surface area contributed by atoms with E-state index in [0.29, 0.717) is 12.0 Å². The molecule has 2 fully saturated rings. The van der Waals surface area contributed by atoms with Gasteiger partial charge in [0, 0.05) is 6.04 Å². The highest BCUT2D eigenvalue weighted by atomic mass is 19.1. The third-order valence-corrected chi connectivity index (χ3v) is 4.77. The molecule has 2 nitrogen and oxygen atoms in total. The number of likely N-dealkylation sites (tertiary alicyclic amines) is 1. The predicted molar refractivity (Wildman–Crippen MR) is 80.5 cm³/mol. The number of nitrogens with one attached hydrogen (secondary N) is 1. The standard InChI is InChI=1S/C17H25FN2/c18-17-7-2-1-6-16(17)14-12-15(13-14)19-8-5-11-20-9-3-4-10-20/h1-2,6-7,14-15,19H,3-5,8-13H2. The van der Waals surface area contributed by atoms with Crippen molar-refractivity contribution in [3.63, 3.8) is 0 Å². The highest BCUT2D eigenvalue weighted by Crippen LogP contribution is 2.37. The number of hydrogen-bond donors (Lipinski definition) is 1. The Hall–Kier alpha value is -0.930. The van der Waals surface area contributed by atoms with Gasteiger partial charge in [-0.2, -0.15) is 0 Å². The smallest absolute Gasteiger partial charge is 0.126 e. The third-order valence-electron chi connectivity index (χ3n) is 4.77. The summed E-state index contributed by atoms with van der Waals surface area (Å²) in [6.45, 7) is 4.92. The lowest BCUT2D eigenvalue weighted by atomic mass is 9.75. The van der Waals surface area contributed by atoms with Crippen LogP contribution in [0.25, 0.3) is 0 Å². The van der Waals surface area contributed by atoms with E-state index in [4.69, 9.17) is 0 Å². The Labute approximate surface area is 121 Å². The van der Waals surface area contributed by atoms with Gasteiger partial charge in [0.1, 0.15) is 5.82 Å². The summed E-state index contributed by atoms with van der Waals surface area (Å²) in [5.41, 5.74) is 0.905. The molecule has 0 amide bonds. The van der Waals surface area contributed by atoms with Crippen molar-refractivity contribution in [3.05, 3.63) is 35.6 Å². The van der Waals surface area contributed by atoms with E-state index in [-0.39, 0.29) is 5.82 Å². The molecular weight excluding hydrogens is 251 g/mol. The van der Waals surface area contributed by atoms with Crippen molar-refractivity contribution in [2.24, 2.45) is 0 Å². The lowest BCUT2D eigenvalue weighted by Crippen LogP contribution is -2.41. The molecule has 1 saturated carbocycles. The number of rotatable bonds is 6. The van der Waals surface area contributed by atoms with Crippen LogP contribution in [0.5, 0.6) is 0 Å². The molecule has 0 atom stereocenters. The van der Waals surface area contributed by atoms with Gasteiger partial charge in [0.05, 0.1) is 0 Å². The highest BCUT2D eigenvalue weighted by molar-refractivity contribution is 5.24. The average molecular weight is 276 g/mol. The maximum Gasteiger partial charge on any atom is 0.126 e. The van der Waals surface area contributed by atoms with E-state index in [9.17, 15) is 4.39 Å². The Balaban J connectivity index is 1.31. The lowest BCUT2D eigenvalue weighted by molar-refractivity contribution is 0.273. The zero-order valence-electron chi connectivity index (χ0n) is 12.2. The molecular formula is C17H25FN2. The largest absolute Gasteiger partial charge is 0.314 e. The van der Waals surface area contributed by atoms with E-state index >= 15 is 0 Å². The summed E-state index contributed by atoms with van der Waals surface area (Å²) in [5.74, 6) is 0.386. The maximum atomic E-state index is 13.6. The van der Waals surface area contributed by atoms with Gasteiger partial charge in [-0.1, -0.05) is 18.2 Å². The molecule has 1 aromatic carbocycles. The van der Waals surface area contributed by atoms with E-state index in [1.807, 2.05) is 12.1 Å². The maximum absolute atomic E-state index is 13.6. The minimum absolute atomic E-state index is 0.0371. The first-order chi connectivity index (χ1) is 9.83. The summed E-state index contributed by atoms with van der Waals surface area (Å²) in [6.07, 6.45) is 6.16. The van der Waals surface area contributed by atoms with Crippen molar-refractivity contribution in [1.82, 2.24) is 10.2 Å². The molecule has 1 aliphatic carbocycles. The first kappa shape index (κ1) is 14.0. The second-order valence-corrected chi connectivity index (χ2v) is 6.24. The van der Waals surface area contributed by atoms with Crippen LogP contribution in [0.3, 0.4) is 0 Å². The topological polar surface area (TPSA) is 15.3 Å². The number of hydrogen-bond acceptors (Lipinski definition) is 2. The molecule has 3 rings (SSSR count). The first-order valence-corrected chi connectivity index (χ1v) is 8.03. The molecule has 3 heteroatoms. The second-order valence-electron chi connectivity index (χ2n) is 6.24. The monoisotopic (exact) mass is 276 g/mol. The average Bonchev–Trinajstić information content (AvgIpc) is 2.91. The summed E-state index contributed by atoms with van der Waals surface area (Å²) >= 11 is 0. The zero-order valence-corrected chi connectivity index (χ0v) is 12.2. The van der Waals surface area contributed by atoms with Gasteiger partial charge in [0.15, 0.2) is 0 Å². The molecule has 0 spiro atoms. The molecule has 2 aliphatic rings. The normalized spacial score (nSPS) is 26.6. The number of nitrogens with zero attached hydrogens (tertiary/aromatic N) is 1. The van der Waals surface area contributed by atoms with Gasteiger partial charge >= 0.3 is 0 Å². The Bertz CT molecular complexity index is 423. The van der Waals surface area contributed by atoms with Crippen LogP contribution in [0, 0.1) is 5.82 Å². The van der Waals surface area contributed by atoms with Gasteiger partial charge in [0.2, 0.25) is 0 Å². The fourth-order valence-electron chi connectivity index (χ4n) is 3.46. The summed E-state index contributed by atoms with van der Waals surface area (Å²) in [7, 11) is 0. The summed E-state index contributed by atoms with van der Waals surface area (Å²) in [4.78, 5) is 2.56. The Morgan fingerprint density at radius 3 is 2.65 bits per heavy atom. The van der Waals surface area contributed by atoms with E-state index in [2.05, 4.69) is 10.2 Å². The van der Waals surface area contributed by atoms with Crippen LogP contribution in [-0.4, -0.2) is 37.1 Å². The number of benzene rings is 1. The Kier molecular flexibility index (Phi) is 4.69. The molecule has 0 aromatic heterocycles. The Morgan fingerprint density at radius 2 is 1.90 bits per heavy atom. The molecule has 1 aliphatic heterocycles. The fourth-order valence-corrected chi connectivity index (χ4v) is 3.46. The molecule has 1 heterocycles. The van der Waals surface area contributed by atoms with Crippen molar-refractivity contribution in [1.29, 1.82) is 0 Å². The van der Waals surface area contributed by atoms with Crippen LogP contribution in [-0.2, 0) is 0 Å². The van der Waals surface area contributed by atoms with Crippen molar-refractivity contribution < 1.29 is 4.39 Å². The van der Waals surface area contributed by atoms with Gasteiger partial charge in [-0.25, -0.2) is 4.39 Å². The minimum Gasteiger partial charge on any atom is -0.314 e. The predicted octanol–water partition coefficient (Wildman–Crippen LogP) is 3.15. The van der Waals surface area contributed by atoms with Gasteiger partial charge < -0.3 is 10.2 Å². The summed E-state index contributed by atoms with van der Waals surface area (Å²) in [6, 6.07) is 7.81. The van der Waals surface area contributed by atoms with E-state index in [1.54, 1.807) is 12.1 Å². The molecule has 0 bridgehead atoms. The minimum atomic E-state index is -0.0371. The van der Waals surface area contributed by atoms with E-state index in [0.717, 1.165) is 24.9 Å².